The van der Waals surface area contributed by atoms with Gasteiger partial charge in [0.2, 0.25) is 5.91 Å². The standard InChI is InChI=1S/C18H25NO5/c1-5-6-7-14(18(21)22)19-17(20)12(2)10-13-8-9-15(23-3)16(11-13)24-4/h5,8-9,11-12,14H,1,6-7,10H2,2-4H3,(H,19,20)(H,21,22). The van der Waals surface area contributed by atoms with Crippen molar-refractivity contribution in [1.29, 1.82) is 0 Å². The van der Waals surface area contributed by atoms with Gasteiger partial charge in [-0.2, -0.15) is 0 Å². The normalized spacial score (nSPS) is 12.8. The van der Waals surface area contributed by atoms with Gasteiger partial charge in [-0.25, -0.2) is 4.79 Å². The fourth-order valence-electron chi connectivity index (χ4n) is 2.31. The van der Waals surface area contributed by atoms with E-state index < -0.39 is 12.0 Å². The number of methoxy groups -OCH3 is 2. The van der Waals surface area contributed by atoms with Crippen LogP contribution < -0.4 is 14.8 Å². The van der Waals surface area contributed by atoms with Crippen LogP contribution in [0.4, 0.5) is 0 Å². The number of carboxylic acid groups (broad SMARTS) is 1. The third-order valence-corrected chi connectivity index (χ3v) is 3.71. The van der Waals surface area contributed by atoms with Crippen LogP contribution in [0.5, 0.6) is 11.5 Å². The second-order valence-corrected chi connectivity index (χ2v) is 5.56. The maximum atomic E-state index is 12.2. The highest BCUT2D eigenvalue weighted by atomic mass is 16.5. The zero-order chi connectivity index (χ0) is 18.1. The highest BCUT2D eigenvalue weighted by molar-refractivity contribution is 5.84. The van der Waals surface area contributed by atoms with Gasteiger partial charge in [-0.15, -0.1) is 6.58 Å². The van der Waals surface area contributed by atoms with Crippen molar-refractivity contribution < 1.29 is 24.2 Å². The van der Waals surface area contributed by atoms with Gasteiger partial charge in [0.25, 0.3) is 0 Å². The molecule has 2 N–H and O–H groups in total. The van der Waals surface area contributed by atoms with Crippen LogP contribution in [0.1, 0.15) is 25.3 Å². The van der Waals surface area contributed by atoms with Crippen molar-refractivity contribution in [2.45, 2.75) is 32.2 Å². The second-order valence-electron chi connectivity index (χ2n) is 5.56. The fraction of sp³-hybridized carbons (Fsp3) is 0.444. The van der Waals surface area contributed by atoms with E-state index in [2.05, 4.69) is 11.9 Å². The first-order chi connectivity index (χ1) is 11.4. The van der Waals surface area contributed by atoms with Crippen LogP contribution in [0.2, 0.25) is 0 Å². The lowest BCUT2D eigenvalue weighted by Crippen LogP contribution is -2.43. The molecule has 0 aliphatic heterocycles. The molecule has 1 rings (SSSR count). The van der Waals surface area contributed by atoms with Crippen molar-refractivity contribution >= 4 is 11.9 Å². The van der Waals surface area contributed by atoms with Gasteiger partial charge in [-0.1, -0.05) is 19.1 Å². The first-order valence-electron chi connectivity index (χ1n) is 7.77. The van der Waals surface area contributed by atoms with E-state index in [0.717, 1.165) is 5.56 Å². The fourth-order valence-corrected chi connectivity index (χ4v) is 2.31. The number of hydrogen-bond donors (Lipinski definition) is 2. The number of carbonyl (C=O) groups excluding carboxylic acids is 1. The Balaban J connectivity index is 2.72. The van der Waals surface area contributed by atoms with Gasteiger partial charge in [0, 0.05) is 5.92 Å². The predicted octanol–water partition coefficient (Wildman–Crippen LogP) is 2.42. The average Bonchev–Trinajstić information content (AvgIpc) is 2.57. The molecule has 2 unspecified atom stereocenters. The van der Waals surface area contributed by atoms with E-state index in [0.29, 0.717) is 30.8 Å². The molecule has 0 aliphatic carbocycles. The topological polar surface area (TPSA) is 84.9 Å². The summed E-state index contributed by atoms with van der Waals surface area (Å²) in [6, 6.07) is 4.55. The molecule has 2 atom stereocenters. The van der Waals surface area contributed by atoms with E-state index in [1.165, 1.54) is 0 Å². The van der Waals surface area contributed by atoms with Crippen LogP contribution in [0.15, 0.2) is 30.9 Å². The predicted molar refractivity (Wildman–Crippen MR) is 91.4 cm³/mol. The molecule has 0 saturated carbocycles. The minimum atomic E-state index is -1.04. The summed E-state index contributed by atoms with van der Waals surface area (Å²) in [5, 5.41) is 11.7. The summed E-state index contributed by atoms with van der Waals surface area (Å²) in [5.41, 5.74) is 0.910. The molecule has 1 aromatic carbocycles. The van der Waals surface area contributed by atoms with E-state index >= 15 is 0 Å². The Bertz CT molecular complexity index is 585. The lowest BCUT2D eigenvalue weighted by Gasteiger charge is -2.18. The molecular formula is C18H25NO5. The Hall–Kier alpha value is -2.50. The average molecular weight is 335 g/mol. The van der Waals surface area contributed by atoms with Gasteiger partial charge < -0.3 is 19.9 Å². The quantitative estimate of drug-likeness (QED) is 0.642. The minimum Gasteiger partial charge on any atom is -0.493 e. The zero-order valence-electron chi connectivity index (χ0n) is 14.4. The molecule has 0 fully saturated rings. The number of carboxylic acids is 1. The van der Waals surface area contributed by atoms with Gasteiger partial charge in [0.05, 0.1) is 14.2 Å². The highest BCUT2D eigenvalue weighted by Crippen LogP contribution is 2.28. The molecule has 0 spiro atoms. The van der Waals surface area contributed by atoms with E-state index in [-0.39, 0.29) is 11.8 Å². The SMILES string of the molecule is C=CCCC(NC(=O)C(C)Cc1ccc(OC)c(OC)c1)C(=O)O. The molecule has 0 aliphatic rings. The number of allylic oxidation sites excluding steroid dienone is 1. The van der Waals surface area contributed by atoms with Crippen LogP contribution in [-0.2, 0) is 16.0 Å². The van der Waals surface area contributed by atoms with Gasteiger partial charge in [0.1, 0.15) is 6.04 Å². The monoisotopic (exact) mass is 335 g/mol. The summed E-state index contributed by atoms with van der Waals surface area (Å²) in [6.45, 7) is 5.33. The number of hydrogen-bond acceptors (Lipinski definition) is 4. The summed E-state index contributed by atoms with van der Waals surface area (Å²) >= 11 is 0. The molecule has 24 heavy (non-hydrogen) atoms. The molecule has 0 bridgehead atoms. The van der Waals surface area contributed by atoms with Crippen molar-refractivity contribution in [3.63, 3.8) is 0 Å². The molecule has 1 aromatic rings. The van der Waals surface area contributed by atoms with E-state index in [1.807, 2.05) is 12.1 Å². The lowest BCUT2D eigenvalue weighted by molar-refractivity contribution is -0.142. The Morgan fingerprint density at radius 2 is 1.96 bits per heavy atom. The second kappa shape index (κ2) is 9.60. The first kappa shape index (κ1) is 19.5. The number of benzene rings is 1. The number of ether oxygens (including phenoxy) is 2. The molecule has 6 heteroatoms. The summed E-state index contributed by atoms with van der Waals surface area (Å²) in [5.74, 6) is -0.482. The number of carbonyl (C=O) groups is 2. The number of aliphatic carboxylic acids is 1. The van der Waals surface area contributed by atoms with Crippen LogP contribution >= 0.6 is 0 Å². The Labute approximate surface area is 142 Å². The van der Waals surface area contributed by atoms with Crippen LogP contribution in [-0.4, -0.2) is 37.2 Å². The maximum Gasteiger partial charge on any atom is 0.326 e. The van der Waals surface area contributed by atoms with Crippen molar-refractivity contribution in [3.05, 3.63) is 36.4 Å². The Morgan fingerprint density at radius 1 is 1.29 bits per heavy atom. The number of rotatable bonds is 10. The zero-order valence-corrected chi connectivity index (χ0v) is 14.4. The molecular weight excluding hydrogens is 310 g/mol. The van der Waals surface area contributed by atoms with Crippen LogP contribution in [0, 0.1) is 5.92 Å². The lowest BCUT2D eigenvalue weighted by atomic mass is 9.99. The molecule has 132 valence electrons. The van der Waals surface area contributed by atoms with Gasteiger partial charge >= 0.3 is 5.97 Å². The van der Waals surface area contributed by atoms with Crippen LogP contribution in [0.25, 0.3) is 0 Å². The minimum absolute atomic E-state index is 0.291. The summed E-state index contributed by atoms with van der Waals surface area (Å²) in [6.07, 6.45) is 2.96. The maximum absolute atomic E-state index is 12.2. The highest BCUT2D eigenvalue weighted by Gasteiger charge is 2.22. The number of amides is 1. The summed E-state index contributed by atoms with van der Waals surface area (Å²) in [4.78, 5) is 23.4. The van der Waals surface area contributed by atoms with Gasteiger partial charge in [-0.3, -0.25) is 4.79 Å². The molecule has 6 nitrogen and oxygen atoms in total. The summed E-state index contributed by atoms with van der Waals surface area (Å²) < 4.78 is 10.4. The van der Waals surface area contributed by atoms with E-state index in [4.69, 9.17) is 14.6 Å². The molecule has 0 aromatic heterocycles. The van der Waals surface area contributed by atoms with Crippen molar-refractivity contribution in [3.8, 4) is 11.5 Å². The molecule has 0 saturated heterocycles. The molecule has 0 radical (unpaired) electrons. The Kier molecular flexibility index (Phi) is 7.82. The largest absolute Gasteiger partial charge is 0.493 e. The van der Waals surface area contributed by atoms with Crippen molar-refractivity contribution in [1.82, 2.24) is 5.32 Å². The smallest absolute Gasteiger partial charge is 0.326 e. The Morgan fingerprint density at radius 3 is 2.50 bits per heavy atom. The summed E-state index contributed by atoms with van der Waals surface area (Å²) in [7, 11) is 3.11. The number of nitrogens with one attached hydrogen (secondary N) is 1. The molecule has 1 amide bonds. The van der Waals surface area contributed by atoms with Crippen LogP contribution in [0.3, 0.4) is 0 Å². The van der Waals surface area contributed by atoms with Gasteiger partial charge in [-0.05, 0) is 37.0 Å². The molecule has 0 heterocycles. The van der Waals surface area contributed by atoms with Gasteiger partial charge in [0.15, 0.2) is 11.5 Å². The van der Waals surface area contributed by atoms with E-state index in [1.54, 1.807) is 33.3 Å². The third-order valence-electron chi connectivity index (χ3n) is 3.71. The van der Waals surface area contributed by atoms with Crippen molar-refractivity contribution in [2.75, 3.05) is 14.2 Å². The van der Waals surface area contributed by atoms with Crippen molar-refractivity contribution in [2.24, 2.45) is 5.92 Å². The van der Waals surface area contributed by atoms with E-state index in [9.17, 15) is 9.59 Å². The first-order valence-corrected chi connectivity index (χ1v) is 7.77. The third kappa shape index (κ3) is 5.61.